The second kappa shape index (κ2) is 9.93. The van der Waals surface area contributed by atoms with Gasteiger partial charge in [0.25, 0.3) is 5.91 Å². The number of nitrogens with zero attached hydrogens (tertiary/aromatic N) is 1. The van der Waals surface area contributed by atoms with Crippen LogP contribution in [-0.4, -0.2) is 23.0 Å². The highest BCUT2D eigenvalue weighted by Gasteiger charge is 2.20. The molecule has 0 heterocycles. The Bertz CT molecular complexity index is 793. The van der Waals surface area contributed by atoms with Crippen molar-refractivity contribution in [1.29, 1.82) is 5.26 Å². The summed E-state index contributed by atoms with van der Waals surface area (Å²) in [5.41, 5.74) is 3.57. The Morgan fingerprint density at radius 3 is 2.50 bits per heavy atom. The molecular weight excluding hydrogens is 354 g/mol. The van der Waals surface area contributed by atoms with Crippen molar-refractivity contribution in [2.75, 3.05) is 0 Å². The van der Waals surface area contributed by atoms with Gasteiger partial charge < -0.3 is 15.7 Å². The van der Waals surface area contributed by atoms with Gasteiger partial charge in [-0.3, -0.25) is 4.79 Å². The zero-order valence-corrected chi connectivity index (χ0v) is 16.8. The molecular formula is C22H29N3O3. The summed E-state index contributed by atoms with van der Waals surface area (Å²) in [5, 5.41) is 24.1. The van der Waals surface area contributed by atoms with Crippen LogP contribution in [0.1, 0.15) is 62.8 Å². The van der Waals surface area contributed by atoms with Crippen LogP contribution in [0, 0.1) is 17.2 Å². The smallest absolute Gasteiger partial charge is 0.326 e. The van der Waals surface area contributed by atoms with Gasteiger partial charge in [0, 0.05) is 6.20 Å². The Balaban J connectivity index is 2.04. The third kappa shape index (κ3) is 5.85. The molecule has 6 nitrogen and oxygen atoms in total. The van der Waals surface area contributed by atoms with Crippen LogP contribution in [0.3, 0.4) is 0 Å². The summed E-state index contributed by atoms with van der Waals surface area (Å²) in [6, 6.07) is 7.04. The number of rotatable bonds is 8. The maximum absolute atomic E-state index is 12.5. The number of benzene rings is 1. The van der Waals surface area contributed by atoms with Crippen molar-refractivity contribution in [3.8, 4) is 6.07 Å². The van der Waals surface area contributed by atoms with Crippen LogP contribution in [-0.2, 0) is 22.4 Å². The summed E-state index contributed by atoms with van der Waals surface area (Å²) in [6.07, 6.45) is 6.17. The molecule has 1 amide bonds. The second-order valence-electron chi connectivity index (χ2n) is 7.79. The Hall–Kier alpha value is -2.81. The third-order valence-corrected chi connectivity index (χ3v) is 5.02. The minimum absolute atomic E-state index is 0.139. The van der Waals surface area contributed by atoms with Gasteiger partial charge in [-0.2, -0.15) is 5.26 Å². The van der Waals surface area contributed by atoms with Gasteiger partial charge in [-0.15, -0.1) is 0 Å². The van der Waals surface area contributed by atoms with Crippen LogP contribution in [0.4, 0.5) is 0 Å². The van der Waals surface area contributed by atoms with Crippen molar-refractivity contribution < 1.29 is 14.7 Å². The molecule has 0 saturated carbocycles. The maximum Gasteiger partial charge on any atom is 0.326 e. The zero-order chi connectivity index (χ0) is 20.7. The van der Waals surface area contributed by atoms with E-state index in [4.69, 9.17) is 0 Å². The third-order valence-electron chi connectivity index (χ3n) is 5.02. The van der Waals surface area contributed by atoms with E-state index in [0.29, 0.717) is 6.42 Å². The number of fused-ring (bicyclic) bond motifs is 1. The first-order chi connectivity index (χ1) is 13.3. The van der Waals surface area contributed by atoms with Crippen molar-refractivity contribution in [2.24, 2.45) is 5.92 Å². The lowest BCUT2D eigenvalue weighted by Gasteiger charge is -2.20. The highest BCUT2D eigenvalue weighted by molar-refractivity contribution is 5.97. The Labute approximate surface area is 166 Å². The van der Waals surface area contributed by atoms with Crippen LogP contribution < -0.4 is 10.6 Å². The van der Waals surface area contributed by atoms with Crippen LogP contribution >= 0.6 is 0 Å². The molecule has 1 aliphatic rings. The van der Waals surface area contributed by atoms with Gasteiger partial charge in [-0.25, -0.2) is 4.79 Å². The monoisotopic (exact) mass is 383 g/mol. The van der Waals surface area contributed by atoms with Gasteiger partial charge in [0.1, 0.15) is 17.7 Å². The first-order valence-corrected chi connectivity index (χ1v) is 9.83. The van der Waals surface area contributed by atoms with Gasteiger partial charge >= 0.3 is 5.97 Å². The molecule has 1 aromatic rings. The fourth-order valence-electron chi connectivity index (χ4n) is 3.42. The average molecular weight is 383 g/mol. The lowest BCUT2D eigenvalue weighted by molar-refractivity contribution is -0.139. The van der Waals surface area contributed by atoms with Gasteiger partial charge in [-0.1, -0.05) is 32.0 Å². The Morgan fingerprint density at radius 2 is 1.89 bits per heavy atom. The SMILES string of the molecule is CC(C)CC(N/C=C(/C#N)C(=O)NC(C)c1ccc2c(c1)CCCC2)C(=O)O. The van der Waals surface area contributed by atoms with Crippen molar-refractivity contribution in [3.05, 3.63) is 46.7 Å². The predicted molar refractivity (Wildman–Crippen MR) is 107 cm³/mol. The molecule has 2 atom stereocenters. The van der Waals surface area contributed by atoms with Crippen LogP contribution in [0.25, 0.3) is 0 Å². The number of nitriles is 1. The molecule has 1 aliphatic carbocycles. The first kappa shape index (κ1) is 21.5. The molecule has 28 heavy (non-hydrogen) atoms. The fourth-order valence-corrected chi connectivity index (χ4v) is 3.42. The molecule has 2 unspecified atom stereocenters. The summed E-state index contributed by atoms with van der Waals surface area (Å²) in [6.45, 7) is 5.71. The number of amides is 1. The summed E-state index contributed by atoms with van der Waals surface area (Å²) >= 11 is 0. The molecule has 2 rings (SSSR count). The van der Waals surface area contributed by atoms with Crippen molar-refractivity contribution >= 4 is 11.9 Å². The largest absolute Gasteiger partial charge is 0.480 e. The number of carboxylic acid groups (broad SMARTS) is 1. The first-order valence-electron chi connectivity index (χ1n) is 9.83. The second-order valence-corrected chi connectivity index (χ2v) is 7.79. The number of nitrogens with one attached hydrogen (secondary N) is 2. The highest BCUT2D eigenvalue weighted by Crippen LogP contribution is 2.24. The van der Waals surface area contributed by atoms with Crippen LogP contribution in [0.2, 0.25) is 0 Å². The maximum atomic E-state index is 12.5. The number of aryl methyl sites for hydroxylation is 2. The number of hydrogen-bond donors (Lipinski definition) is 3. The molecule has 0 bridgehead atoms. The average Bonchev–Trinajstić information content (AvgIpc) is 2.66. The minimum Gasteiger partial charge on any atom is -0.480 e. The number of carbonyl (C=O) groups excluding carboxylic acids is 1. The van der Waals surface area contributed by atoms with E-state index in [1.807, 2.05) is 32.9 Å². The van der Waals surface area contributed by atoms with E-state index in [1.54, 1.807) is 0 Å². The van der Waals surface area contributed by atoms with Crippen molar-refractivity contribution in [1.82, 2.24) is 10.6 Å². The van der Waals surface area contributed by atoms with E-state index in [-0.39, 0.29) is 17.5 Å². The quantitative estimate of drug-likeness (QED) is 0.472. The number of carbonyl (C=O) groups is 2. The minimum atomic E-state index is -1.01. The van der Waals surface area contributed by atoms with Crippen molar-refractivity contribution in [3.63, 3.8) is 0 Å². The number of hydrogen-bond acceptors (Lipinski definition) is 4. The topological polar surface area (TPSA) is 102 Å². The number of carboxylic acids is 1. The molecule has 0 spiro atoms. The molecule has 0 radical (unpaired) electrons. The van der Waals surface area contributed by atoms with E-state index < -0.39 is 17.9 Å². The fraction of sp³-hybridized carbons (Fsp3) is 0.500. The molecule has 0 aliphatic heterocycles. The molecule has 3 N–H and O–H groups in total. The molecule has 6 heteroatoms. The predicted octanol–water partition coefficient (Wildman–Crippen LogP) is 3.24. The van der Waals surface area contributed by atoms with Gasteiger partial charge in [0.2, 0.25) is 0 Å². The standard InChI is InChI=1S/C22H29N3O3/c1-14(2)10-20(22(27)28)24-13-19(12-23)21(26)25-15(3)17-9-8-16-6-4-5-7-18(16)11-17/h8-9,11,13-15,20,24H,4-7,10H2,1-3H3,(H,25,26)(H,27,28)/b19-13-. The lowest BCUT2D eigenvalue weighted by Crippen LogP contribution is -2.36. The van der Waals surface area contributed by atoms with E-state index >= 15 is 0 Å². The summed E-state index contributed by atoms with van der Waals surface area (Å²) in [5.74, 6) is -1.36. The van der Waals surface area contributed by atoms with Crippen LogP contribution in [0.15, 0.2) is 30.0 Å². The van der Waals surface area contributed by atoms with Gasteiger partial charge in [0.15, 0.2) is 0 Å². The summed E-state index contributed by atoms with van der Waals surface area (Å²) < 4.78 is 0. The van der Waals surface area contributed by atoms with Crippen molar-refractivity contribution in [2.45, 2.75) is 65.0 Å². The molecule has 150 valence electrons. The Morgan fingerprint density at radius 1 is 1.21 bits per heavy atom. The number of aliphatic carboxylic acids is 1. The van der Waals surface area contributed by atoms with E-state index in [0.717, 1.165) is 18.4 Å². The molecule has 0 fully saturated rings. The van der Waals surface area contributed by atoms with Gasteiger partial charge in [0.05, 0.1) is 6.04 Å². The van der Waals surface area contributed by atoms with Gasteiger partial charge in [-0.05, 0) is 61.6 Å². The Kier molecular flexibility index (Phi) is 7.62. The van der Waals surface area contributed by atoms with Crippen LogP contribution in [0.5, 0.6) is 0 Å². The molecule has 1 aromatic carbocycles. The molecule has 0 aromatic heterocycles. The summed E-state index contributed by atoms with van der Waals surface area (Å²) in [4.78, 5) is 23.8. The molecule has 0 saturated heterocycles. The van der Waals surface area contributed by atoms with E-state index in [9.17, 15) is 20.0 Å². The highest BCUT2D eigenvalue weighted by atomic mass is 16.4. The summed E-state index contributed by atoms with van der Waals surface area (Å²) in [7, 11) is 0. The normalized spacial score (nSPS) is 15.9. The van der Waals surface area contributed by atoms with E-state index in [1.165, 1.54) is 30.2 Å². The lowest BCUT2D eigenvalue weighted by atomic mass is 9.89. The van der Waals surface area contributed by atoms with E-state index in [2.05, 4.69) is 22.8 Å². The zero-order valence-electron chi connectivity index (χ0n) is 16.8.